The summed E-state index contributed by atoms with van der Waals surface area (Å²) in [4.78, 5) is 18.1. The van der Waals surface area contributed by atoms with E-state index in [1.54, 1.807) is 0 Å². The molecule has 0 aromatic heterocycles. The number of allylic oxidation sites excluding steroid dienone is 4. The molecule has 0 aromatic carbocycles. The fourth-order valence-electron chi connectivity index (χ4n) is 1.47. The Morgan fingerprint density at radius 1 is 1.11 bits per heavy atom. The standard InChI is InChI=1S/C10H15.C2H2O5.Rh/c1-7-6-10(4,5)9(3)8(7)2;3-1(4)7-2(5)6;/h1-5H3;(H,3,4)(H,5,6);/q-1;;+3/p-2. The SMILES string of the molecule is CC1=[C-]C(C)(C)C(C)=C1C.O=C([O-])OC(=O)[O-].[Rh+3]. The predicted octanol–water partition coefficient (Wildman–Crippen LogP) is 0.799. The topological polar surface area (TPSA) is 89.5 Å². The molecule has 6 heteroatoms. The fraction of sp³-hybridized carbons (Fsp3) is 0.500. The molecule has 0 aromatic rings. The van der Waals surface area contributed by atoms with Gasteiger partial charge in [-0.15, -0.1) is 6.92 Å². The number of carbonyl (C=O) groups is 2. The van der Waals surface area contributed by atoms with Crippen molar-refractivity contribution in [1.29, 1.82) is 0 Å². The van der Waals surface area contributed by atoms with Gasteiger partial charge in [0.05, 0.1) is 0 Å². The minimum Gasteiger partial charge on any atom is -0.483 e. The molecule has 0 amide bonds. The second kappa shape index (κ2) is 7.32. The van der Waals surface area contributed by atoms with E-state index in [0.717, 1.165) is 0 Å². The third-order valence-electron chi connectivity index (χ3n) is 2.73. The molecule has 102 valence electrons. The number of hydrogen-bond acceptors (Lipinski definition) is 5. The molecule has 0 spiro atoms. The maximum Gasteiger partial charge on any atom is 3.00 e. The van der Waals surface area contributed by atoms with Crippen LogP contribution in [0.4, 0.5) is 9.59 Å². The van der Waals surface area contributed by atoms with Crippen molar-refractivity contribution in [2.75, 3.05) is 0 Å². The summed E-state index contributed by atoms with van der Waals surface area (Å²) in [7, 11) is 0. The molecule has 0 radical (unpaired) electrons. The molecule has 1 aliphatic carbocycles. The van der Waals surface area contributed by atoms with E-state index in [9.17, 15) is 0 Å². The Labute approximate surface area is 119 Å². The Morgan fingerprint density at radius 2 is 1.50 bits per heavy atom. The van der Waals surface area contributed by atoms with Gasteiger partial charge in [-0.05, 0) is 0 Å². The molecule has 0 bridgehead atoms. The van der Waals surface area contributed by atoms with Crippen molar-refractivity contribution in [2.45, 2.75) is 34.6 Å². The van der Waals surface area contributed by atoms with Crippen LogP contribution in [0.1, 0.15) is 34.6 Å². The van der Waals surface area contributed by atoms with Crippen LogP contribution in [-0.2, 0) is 24.2 Å². The maximum absolute atomic E-state index is 9.06. The van der Waals surface area contributed by atoms with Crippen LogP contribution >= 0.6 is 0 Å². The molecule has 0 saturated carbocycles. The van der Waals surface area contributed by atoms with Crippen molar-refractivity contribution in [1.82, 2.24) is 0 Å². The van der Waals surface area contributed by atoms with Gasteiger partial charge in [-0.2, -0.15) is 11.1 Å². The van der Waals surface area contributed by atoms with Gasteiger partial charge in [-0.1, -0.05) is 33.1 Å². The van der Waals surface area contributed by atoms with Crippen molar-refractivity contribution in [3.05, 3.63) is 22.8 Å². The van der Waals surface area contributed by atoms with Crippen LogP contribution < -0.4 is 10.2 Å². The zero-order valence-electron chi connectivity index (χ0n) is 10.9. The third kappa shape index (κ3) is 5.96. The van der Waals surface area contributed by atoms with Crippen LogP contribution in [-0.4, -0.2) is 12.3 Å². The van der Waals surface area contributed by atoms with Crippen LogP contribution in [0.15, 0.2) is 16.7 Å². The Balaban J connectivity index is 0. The molecule has 0 atom stereocenters. The zero-order chi connectivity index (χ0) is 13.8. The van der Waals surface area contributed by atoms with Crippen LogP contribution in [0.2, 0.25) is 0 Å². The Morgan fingerprint density at radius 3 is 1.56 bits per heavy atom. The first-order valence-corrected chi connectivity index (χ1v) is 4.97. The number of rotatable bonds is 0. The Hall–Kier alpha value is -1.16. The number of carboxylic acid groups (broad SMARTS) is 2. The van der Waals surface area contributed by atoms with Crippen molar-refractivity contribution < 1.29 is 44.0 Å². The van der Waals surface area contributed by atoms with Gasteiger partial charge in [-0.25, -0.2) is 5.57 Å². The summed E-state index contributed by atoms with van der Waals surface area (Å²) in [6.07, 6.45) is -0.815. The second-order valence-electron chi connectivity index (χ2n) is 4.23. The van der Waals surface area contributed by atoms with E-state index in [0.29, 0.717) is 0 Å². The van der Waals surface area contributed by atoms with E-state index in [1.807, 2.05) is 0 Å². The second-order valence-corrected chi connectivity index (χ2v) is 4.23. The van der Waals surface area contributed by atoms with Crippen LogP contribution in [0.25, 0.3) is 0 Å². The summed E-state index contributed by atoms with van der Waals surface area (Å²) >= 11 is 0. The molecule has 1 aliphatic rings. The summed E-state index contributed by atoms with van der Waals surface area (Å²) in [5.74, 6) is 0. The van der Waals surface area contributed by atoms with E-state index in [2.05, 4.69) is 45.4 Å². The first-order valence-electron chi connectivity index (χ1n) is 4.97. The molecule has 0 saturated heterocycles. The maximum atomic E-state index is 9.06. The number of ether oxygens (including phenoxy) is 1. The van der Waals surface area contributed by atoms with Gasteiger partial charge in [0, 0.05) is 0 Å². The van der Waals surface area contributed by atoms with Crippen molar-refractivity contribution in [3.63, 3.8) is 0 Å². The summed E-state index contributed by atoms with van der Waals surface area (Å²) in [6, 6.07) is 0. The normalized spacial score (nSPS) is 15.9. The van der Waals surface area contributed by atoms with Crippen molar-refractivity contribution in [3.8, 4) is 0 Å². The molecule has 5 nitrogen and oxygen atoms in total. The predicted molar refractivity (Wildman–Crippen MR) is 56.5 cm³/mol. The van der Waals surface area contributed by atoms with E-state index in [-0.39, 0.29) is 24.9 Å². The molecular formula is C12H15O5Rh. The van der Waals surface area contributed by atoms with Crippen molar-refractivity contribution >= 4 is 12.3 Å². The monoisotopic (exact) mass is 342 g/mol. The van der Waals surface area contributed by atoms with Crippen LogP contribution in [0, 0.1) is 11.5 Å². The molecule has 0 heterocycles. The van der Waals surface area contributed by atoms with Crippen LogP contribution in [0.5, 0.6) is 0 Å². The van der Waals surface area contributed by atoms with E-state index in [1.165, 1.54) is 16.7 Å². The van der Waals surface area contributed by atoms with E-state index < -0.39 is 12.3 Å². The average Bonchev–Trinajstić information content (AvgIpc) is 2.28. The third-order valence-corrected chi connectivity index (χ3v) is 2.73. The van der Waals surface area contributed by atoms with Gasteiger partial charge >= 0.3 is 19.5 Å². The summed E-state index contributed by atoms with van der Waals surface area (Å²) in [6.45, 7) is 10.9. The molecular weight excluding hydrogens is 327 g/mol. The van der Waals surface area contributed by atoms with E-state index in [4.69, 9.17) is 19.8 Å². The fourth-order valence-corrected chi connectivity index (χ4v) is 1.47. The molecule has 0 unspecified atom stereocenters. The largest absolute Gasteiger partial charge is 3.00 e. The molecule has 0 N–H and O–H groups in total. The molecule has 0 fully saturated rings. The van der Waals surface area contributed by atoms with Gasteiger partial charge in [0.2, 0.25) is 0 Å². The average molecular weight is 342 g/mol. The smallest absolute Gasteiger partial charge is 0.483 e. The van der Waals surface area contributed by atoms with E-state index >= 15 is 0 Å². The van der Waals surface area contributed by atoms with Crippen molar-refractivity contribution in [2.24, 2.45) is 5.41 Å². The summed E-state index contributed by atoms with van der Waals surface area (Å²) in [5.41, 5.74) is 4.39. The minimum absolute atomic E-state index is 0. The molecule has 18 heavy (non-hydrogen) atoms. The first kappa shape index (κ1) is 19.2. The molecule has 1 rings (SSSR count). The van der Waals surface area contributed by atoms with Crippen LogP contribution in [0.3, 0.4) is 0 Å². The summed E-state index contributed by atoms with van der Waals surface area (Å²) < 4.78 is 2.86. The quantitative estimate of drug-likeness (QED) is 0.281. The van der Waals surface area contributed by atoms with Gasteiger partial charge in [-0.3, -0.25) is 6.08 Å². The zero-order valence-corrected chi connectivity index (χ0v) is 12.5. The number of carbonyl (C=O) groups excluding carboxylic acids is 2. The Kier molecular flexibility index (Phi) is 7.80. The van der Waals surface area contributed by atoms with Gasteiger partial charge < -0.3 is 24.5 Å². The van der Waals surface area contributed by atoms with Gasteiger partial charge in [0.15, 0.2) is 0 Å². The first-order chi connectivity index (χ1) is 7.58. The summed E-state index contributed by atoms with van der Waals surface area (Å²) in [5, 5.41) is 18.1. The number of hydrogen-bond donors (Lipinski definition) is 0. The van der Waals surface area contributed by atoms with Gasteiger partial charge in [0.1, 0.15) is 0 Å². The van der Waals surface area contributed by atoms with Gasteiger partial charge in [0.25, 0.3) is 12.3 Å². The Bertz CT molecular complexity index is 381. The molecule has 0 aliphatic heterocycles. The minimum atomic E-state index is -2.12.